The predicted octanol–water partition coefficient (Wildman–Crippen LogP) is 21.2. The molecule has 0 radical (unpaired) electrons. The van der Waals surface area contributed by atoms with Gasteiger partial charge in [-0.1, -0.05) is 277 Å². The first-order valence-electron chi connectivity index (χ1n) is 31.0. The quantitative estimate of drug-likeness (QED) is 0.0261. The van der Waals surface area contributed by atoms with Crippen LogP contribution in [-0.4, -0.2) is 37.2 Å². The van der Waals surface area contributed by atoms with E-state index in [-0.39, 0.29) is 37.5 Å². The molecule has 0 aromatic carbocycles. The summed E-state index contributed by atoms with van der Waals surface area (Å²) in [6.45, 7) is 6.38. The lowest BCUT2D eigenvalue weighted by Crippen LogP contribution is -2.30. The van der Waals surface area contributed by atoms with Crippen molar-refractivity contribution in [3.05, 3.63) is 122 Å². The van der Waals surface area contributed by atoms with Crippen LogP contribution in [0.3, 0.4) is 0 Å². The van der Waals surface area contributed by atoms with Crippen LogP contribution in [0.4, 0.5) is 0 Å². The van der Waals surface area contributed by atoms with Gasteiger partial charge >= 0.3 is 17.9 Å². The summed E-state index contributed by atoms with van der Waals surface area (Å²) in [7, 11) is 0. The minimum Gasteiger partial charge on any atom is -0.462 e. The minimum atomic E-state index is -0.810. The molecule has 0 N–H and O–H groups in total. The molecule has 0 bridgehead atoms. The van der Waals surface area contributed by atoms with Crippen LogP contribution < -0.4 is 0 Å². The van der Waals surface area contributed by atoms with E-state index in [1.54, 1.807) is 0 Å². The number of hydrogen-bond donors (Lipinski definition) is 0. The third-order valence-electron chi connectivity index (χ3n) is 13.0. The molecule has 0 aliphatic carbocycles. The number of carbonyl (C=O) groups is 3. The first-order valence-corrected chi connectivity index (χ1v) is 31.0. The molecule has 0 spiro atoms. The molecule has 0 saturated carbocycles. The molecule has 75 heavy (non-hydrogen) atoms. The molecule has 0 aromatic rings. The summed E-state index contributed by atoms with van der Waals surface area (Å²) in [6, 6.07) is 0. The van der Waals surface area contributed by atoms with Gasteiger partial charge in [-0.05, 0) is 103 Å². The summed E-state index contributed by atoms with van der Waals surface area (Å²) in [5, 5.41) is 0. The zero-order chi connectivity index (χ0) is 54.3. The normalized spacial score (nSPS) is 12.9. The number of esters is 3. The van der Waals surface area contributed by atoms with Crippen LogP contribution in [0.15, 0.2) is 122 Å². The molecular weight excluding hydrogens is 925 g/mol. The van der Waals surface area contributed by atoms with Crippen molar-refractivity contribution >= 4 is 17.9 Å². The van der Waals surface area contributed by atoms with Crippen molar-refractivity contribution in [2.75, 3.05) is 13.2 Å². The summed E-state index contributed by atoms with van der Waals surface area (Å²) in [5.74, 6) is -0.967. The standard InChI is InChI=1S/C69H114O6/c1-4-7-10-13-16-19-22-25-28-31-32-33-34-35-36-39-41-44-47-50-53-56-59-62-68(71)74-65-66(75-69(72)63-60-57-54-51-48-45-42-38-30-27-24-21-18-15-12-9-6-3)64-73-67(70)61-58-55-52-49-46-43-40-37-29-26-23-20-17-14-11-8-5-2/h7,9-10,12,16,18-19,21,25,27-28,30,32-33,35-36,41,44,50,53,66H,4-6,8,11,13-15,17,20,22-24,26,29,31,34,37-40,42-43,45-49,51-52,54-65H2,1-3H3/b10-7-,12-9-,19-16-,21-18-,28-25-,30-27-,33-32-,36-35-,44-41-,53-50-. The fourth-order valence-electron chi connectivity index (χ4n) is 8.39. The second-order valence-electron chi connectivity index (χ2n) is 20.2. The Balaban J connectivity index is 4.49. The predicted molar refractivity (Wildman–Crippen MR) is 325 cm³/mol. The maximum Gasteiger partial charge on any atom is 0.306 e. The smallest absolute Gasteiger partial charge is 0.306 e. The van der Waals surface area contributed by atoms with Crippen LogP contribution in [0.5, 0.6) is 0 Å². The zero-order valence-electron chi connectivity index (χ0n) is 48.8. The van der Waals surface area contributed by atoms with Crippen LogP contribution in [0.1, 0.15) is 278 Å². The molecule has 1 unspecified atom stereocenters. The maximum absolute atomic E-state index is 12.9. The third kappa shape index (κ3) is 60.6. The first kappa shape index (κ1) is 70.8. The number of unbranched alkanes of at least 4 members (excludes halogenated alkanes) is 24. The summed E-state index contributed by atoms with van der Waals surface area (Å²) < 4.78 is 16.9. The van der Waals surface area contributed by atoms with Gasteiger partial charge in [0.25, 0.3) is 0 Å². The Kier molecular flexibility index (Phi) is 58.9. The van der Waals surface area contributed by atoms with Crippen LogP contribution >= 0.6 is 0 Å². The molecule has 0 aliphatic rings. The fourth-order valence-corrected chi connectivity index (χ4v) is 8.39. The summed E-state index contributed by atoms with van der Waals surface area (Å²) in [5.41, 5.74) is 0. The van der Waals surface area contributed by atoms with E-state index in [0.29, 0.717) is 19.3 Å². The van der Waals surface area contributed by atoms with Crippen LogP contribution in [0.2, 0.25) is 0 Å². The number of rotatable bonds is 55. The van der Waals surface area contributed by atoms with Gasteiger partial charge in [-0.2, -0.15) is 0 Å². The van der Waals surface area contributed by atoms with Crippen molar-refractivity contribution in [1.82, 2.24) is 0 Å². The van der Waals surface area contributed by atoms with Gasteiger partial charge in [0.2, 0.25) is 0 Å². The fraction of sp³-hybridized carbons (Fsp3) is 0.667. The third-order valence-corrected chi connectivity index (χ3v) is 13.0. The van der Waals surface area contributed by atoms with Crippen molar-refractivity contribution in [3.8, 4) is 0 Å². The van der Waals surface area contributed by atoms with Crippen LogP contribution in [0.25, 0.3) is 0 Å². The Morgan fingerprint density at radius 1 is 0.280 bits per heavy atom. The van der Waals surface area contributed by atoms with E-state index in [1.807, 2.05) is 0 Å². The minimum absolute atomic E-state index is 0.101. The van der Waals surface area contributed by atoms with E-state index in [9.17, 15) is 14.4 Å². The van der Waals surface area contributed by atoms with Crippen molar-refractivity contribution in [1.29, 1.82) is 0 Å². The SMILES string of the molecule is CC/C=C\C/C=C\C/C=C\C/C=C\C/C=C\C/C=C\C/C=C\CCCC(=O)OCC(COC(=O)CCCCCCCCCCCCCCCCCCC)OC(=O)CCCCCCCCC/C=C\C/C=C\C/C=C\CC. The van der Waals surface area contributed by atoms with Gasteiger partial charge in [-0.25, -0.2) is 0 Å². The Morgan fingerprint density at radius 3 is 0.867 bits per heavy atom. The molecule has 6 heteroatoms. The molecule has 0 fully saturated rings. The zero-order valence-corrected chi connectivity index (χ0v) is 48.8. The molecular formula is C69H114O6. The highest BCUT2D eigenvalue weighted by Gasteiger charge is 2.19. The van der Waals surface area contributed by atoms with Crippen molar-refractivity contribution in [2.45, 2.75) is 284 Å². The van der Waals surface area contributed by atoms with E-state index in [4.69, 9.17) is 14.2 Å². The summed E-state index contributed by atoms with van der Waals surface area (Å²) >= 11 is 0. The lowest BCUT2D eigenvalue weighted by Gasteiger charge is -2.18. The van der Waals surface area contributed by atoms with Crippen molar-refractivity contribution in [2.24, 2.45) is 0 Å². The van der Waals surface area contributed by atoms with Gasteiger partial charge in [0.1, 0.15) is 13.2 Å². The molecule has 0 aromatic heterocycles. The average Bonchev–Trinajstić information content (AvgIpc) is 3.41. The Morgan fingerprint density at radius 2 is 0.533 bits per heavy atom. The molecule has 0 aliphatic heterocycles. The van der Waals surface area contributed by atoms with Gasteiger partial charge in [0, 0.05) is 19.3 Å². The van der Waals surface area contributed by atoms with E-state index in [0.717, 1.165) is 116 Å². The van der Waals surface area contributed by atoms with E-state index in [1.165, 1.54) is 116 Å². The van der Waals surface area contributed by atoms with Crippen LogP contribution in [-0.2, 0) is 28.6 Å². The maximum atomic E-state index is 12.9. The Labute approximate surface area is 462 Å². The van der Waals surface area contributed by atoms with Gasteiger partial charge in [-0.15, -0.1) is 0 Å². The Bertz CT molecular complexity index is 1570. The van der Waals surface area contributed by atoms with Crippen molar-refractivity contribution < 1.29 is 28.6 Å². The number of hydrogen-bond acceptors (Lipinski definition) is 6. The molecule has 6 nitrogen and oxygen atoms in total. The highest BCUT2D eigenvalue weighted by atomic mass is 16.6. The average molecular weight is 1040 g/mol. The second kappa shape index (κ2) is 62.4. The van der Waals surface area contributed by atoms with Gasteiger partial charge < -0.3 is 14.2 Å². The molecule has 0 heterocycles. The summed E-state index contributed by atoms with van der Waals surface area (Å²) in [6.07, 6.45) is 86.3. The molecule has 0 rings (SSSR count). The highest BCUT2D eigenvalue weighted by molar-refractivity contribution is 5.71. The molecule has 426 valence electrons. The summed E-state index contributed by atoms with van der Waals surface area (Å²) in [4.78, 5) is 38.3. The largest absolute Gasteiger partial charge is 0.462 e. The molecule has 1 atom stereocenters. The topological polar surface area (TPSA) is 78.9 Å². The van der Waals surface area contributed by atoms with Gasteiger partial charge in [0.15, 0.2) is 6.10 Å². The monoisotopic (exact) mass is 1040 g/mol. The van der Waals surface area contributed by atoms with Crippen molar-refractivity contribution in [3.63, 3.8) is 0 Å². The lowest BCUT2D eigenvalue weighted by atomic mass is 10.0. The van der Waals surface area contributed by atoms with Crippen LogP contribution in [0, 0.1) is 0 Å². The highest BCUT2D eigenvalue weighted by Crippen LogP contribution is 2.16. The second-order valence-corrected chi connectivity index (χ2v) is 20.2. The first-order chi connectivity index (χ1) is 37.0. The Hall–Kier alpha value is -4.19. The van der Waals surface area contributed by atoms with E-state index >= 15 is 0 Å². The van der Waals surface area contributed by atoms with Gasteiger partial charge in [0.05, 0.1) is 0 Å². The number of carbonyl (C=O) groups excluding carboxylic acids is 3. The number of allylic oxidation sites excluding steroid dienone is 20. The number of ether oxygens (including phenoxy) is 3. The van der Waals surface area contributed by atoms with E-state index in [2.05, 4.69) is 142 Å². The van der Waals surface area contributed by atoms with Gasteiger partial charge in [-0.3, -0.25) is 14.4 Å². The molecule has 0 saturated heterocycles. The van der Waals surface area contributed by atoms with E-state index < -0.39 is 6.10 Å². The molecule has 0 amide bonds. The lowest BCUT2D eigenvalue weighted by molar-refractivity contribution is -0.167.